The highest BCUT2D eigenvalue weighted by Crippen LogP contribution is 2.21. The van der Waals surface area contributed by atoms with Crippen LogP contribution in [0.25, 0.3) is 10.8 Å². The van der Waals surface area contributed by atoms with Crippen LogP contribution in [0.3, 0.4) is 0 Å². The average molecular weight is 396 g/mol. The number of benzene rings is 4. The van der Waals surface area contributed by atoms with E-state index in [0.717, 1.165) is 16.9 Å². The Labute approximate surface area is 174 Å². The van der Waals surface area contributed by atoms with Crippen molar-refractivity contribution in [2.75, 3.05) is 0 Å². The molecular formula is C25H20N2O3. The van der Waals surface area contributed by atoms with Crippen LogP contribution in [0.2, 0.25) is 0 Å². The van der Waals surface area contributed by atoms with Crippen LogP contribution < -0.4 is 10.2 Å². The molecule has 4 rings (SSSR count). The molecule has 5 heteroatoms. The number of amides is 1. The van der Waals surface area contributed by atoms with Crippen LogP contribution in [0.15, 0.2) is 96.1 Å². The molecule has 0 unspecified atom stereocenters. The Hall–Kier alpha value is -4.12. The molecule has 1 amide bonds. The summed E-state index contributed by atoms with van der Waals surface area (Å²) in [7, 11) is 0. The Morgan fingerprint density at radius 2 is 1.63 bits per heavy atom. The van der Waals surface area contributed by atoms with Crippen LogP contribution in [0, 0.1) is 0 Å². The SMILES string of the molecule is O=C(N/N=C/c1ccc(OCc2cccc3ccccc23)cc1)c1ccc(O)cc1. The van der Waals surface area contributed by atoms with Crippen LogP contribution in [-0.4, -0.2) is 17.2 Å². The lowest BCUT2D eigenvalue weighted by Gasteiger charge is -2.09. The van der Waals surface area contributed by atoms with Gasteiger partial charge < -0.3 is 9.84 Å². The van der Waals surface area contributed by atoms with Crippen LogP contribution in [0.1, 0.15) is 21.5 Å². The first-order valence-corrected chi connectivity index (χ1v) is 9.51. The predicted octanol–water partition coefficient (Wildman–Crippen LogP) is 4.89. The van der Waals surface area contributed by atoms with Gasteiger partial charge in [-0.2, -0.15) is 5.10 Å². The van der Waals surface area contributed by atoms with Crippen molar-refractivity contribution in [2.45, 2.75) is 6.61 Å². The lowest BCUT2D eigenvalue weighted by molar-refractivity contribution is 0.0955. The first kappa shape index (κ1) is 19.2. The number of carbonyl (C=O) groups is 1. The van der Waals surface area contributed by atoms with Crippen molar-refractivity contribution in [3.63, 3.8) is 0 Å². The third-order valence-electron chi connectivity index (χ3n) is 4.66. The first-order chi connectivity index (χ1) is 14.7. The minimum absolute atomic E-state index is 0.109. The van der Waals surface area contributed by atoms with Gasteiger partial charge in [-0.3, -0.25) is 4.79 Å². The Bertz CT molecular complexity index is 1180. The van der Waals surface area contributed by atoms with Crippen LogP contribution in [0.5, 0.6) is 11.5 Å². The number of hydrogen-bond acceptors (Lipinski definition) is 4. The quantitative estimate of drug-likeness (QED) is 0.360. The van der Waals surface area contributed by atoms with Crippen molar-refractivity contribution < 1.29 is 14.6 Å². The van der Waals surface area contributed by atoms with Crippen molar-refractivity contribution in [3.05, 3.63) is 108 Å². The molecule has 0 aliphatic rings. The maximum absolute atomic E-state index is 12.0. The number of carbonyl (C=O) groups excluding carboxylic acids is 1. The second-order valence-corrected chi connectivity index (χ2v) is 6.74. The normalized spacial score (nSPS) is 10.9. The first-order valence-electron chi connectivity index (χ1n) is 9.51. The Kier molecular flexibility index (Phi) is 5.71. The fourth-order valence-electron chi connectivity index (χ4n) is 3.07. The Morgan fingerprint density at radius 1 is 0.900 bits per heavy atom. The molecule has 0 aliphatic carbocycles. The number of nitrogens with zero attached hydrogens (tertiary/aromatic N) is 1. The molecule has 4 aromatic carbocycles. The van der Waals surface area contributed by atoms with Gasteiger partial charge in [0.1, 0.15) is 18.1 Å². The van der Waals surface area contributed by atoms with E-state index in [2.05, 4.69) is 34.8 Å². The number of hydrogen-bond donors (Lipinski definition) is 2. The topological polar surface area (TPSA) is 70.9 Å². The van der Waals surface area contributed by atoms with Gasteiger partial charge in [0.15, 0.2) is 0 Å². The highest BCUT2D eigenvalue weighted by Gasteiger charge is 2.04. The number of phenolic OH excluding ortho intramolecular Hbond substituents is 1. The van der Waals surface area contributed by atoms with Gasteiger partial charge in [-0.1, -0.05) is 42.5 Å². The van der Waals surface area contributed by atoms with E-state index in [-0.39, 0.29) is 11.7 Å². The van der Waals surface area contributed by atoms with Crippen LogP contribution in [-0.2, 0) is 6.61 Å². The molecule has 0 bridgehead atoms. The molecule has 0 saturated heterocycles. The number of hydrazone groups is 1. The van der Waals surface area contributed by atoms with E-state index in [0.29, 0.717) is 12.2 Å². The van der Waals surface area contributed by atoms with E-state index in [4.69, 9.17) is 4.74 Å². The predicted molar refractivity (Wildman–Crippen MR) is 118 cm³/mol. The highest BCUT2D eigenvalue weighted by molar-refractivity contribution is 5.95. The monoisotopic (exact) mass is 396 g/mol. The lowest BCUT2D eigenvalue weighted by Crippen LogP contribution is -2.17. The number of nitrogens with one attached hydrogen (secondary N) is 1. The smallest absolute Gasteiger partial charge is 0.271 e. The molecule has 148 valence electrons. The molecule has 30 heavy (non-hydrogen) atoms. The maximum atomic E-state index is 12.0. The van der Waals surface area contributed by atoms with Crippen molar-refractivity contribution in [1.29, 1.82) is 0 Å². The molecule has 0 aromatic heterocycles. The van der Waals surface area contributed by atoms with Gasteiger partial charge in [-0.15, -0.1) is 0 Å². The average Bonchev–Trinajstić information content (AvgIpc) is 2.79. The van der Waals surface area contributed by atoms with Crippen molar-refractivity contribution >= 4 is 22.9 Å². The van der Waals surface area contributed by atoms with E-state index >= 15 is 0 Å². The van der Waals surface area contributed by atoms with E-state index in [1.165, 1.54) is 35.0 Å². The summed E-state index contributed by atoms with van der Waals surface area (Å²) in [6.45, 7) is 0.484. The summed E-state index contributed by atoms with van der Waals surface area (Å²) < 4.78 is 5.93. The molecule has 4 aromatic rings. The summed E-state index contributed by atoms with van der Waals surface area (Å²) in [4.78, 5) is 12.0. The molecule has 0 aliphatic heterocycles. The molecule has 0 spiro atoms. The minimum atomic E-state index is -0.346. The number of aromatic hydroxyl groups is 1. The maximum Gasteiger partial charge on any atom is 0.271 e. The lowest BCUT2D eigenvalue weighted by atomic mass is 10.1. The number of phenols is 1. The fourth-order valence-corrected chi connectivity index (χ4v) is 3.07. The fraction of sp³-hybridized carbons (Fsp3) is 0.0400. The number of fused-ring (bicyclic) bond motifs is 1. The molecule has 0 radical (unpaired) electrons. The zero-order chi connectivity index (χ0) is 20.8. The molecule has 2 N–H and O–H groups in total. The molecule has 0 atom stereocenters. The van der Waals surface area contributed by atoms with Crippen molar-refractivity contribution in [3.8, 4) is 11.5 Å². The molecule has 0 fully saturated rings. The Morgan fingerprint density at radius 3 is 2.43 bits per heavy atom. The second-order valence-electron chi connectivity index (χ2n) is 6.74. The number of rotatable bonds is 6. The largest absolute Gasteiger partial charge is 0.508 e. The summed E-state index contributed by atoms with van der Waals surface area (Å²) in [5.74, 6) is 0.521. The van der Waals surface area contributed by atoms with Gasteiger partial charge in [-0.05, 0) is 70.4 Å². The van der Waals surface area contributed by atoms with E-state index in [1.54, 1.807) is 6.21 Å². The van der Waals surface area contributed by atoms with Crippen LogP contribution in [0.4, 0.5) is 0 Å². The standard InChI is InChI=1S/C25H20N2O3/c28-22-12-10-20(11-13-22)25(29)27-26-16-18-8-14-23(15-9-18)30-17-21-6-3-5-19-4-1-2-7-24(19)21/h1-16,28H,17H2,(H,27,29)/b26-16+. The molecular weight excluding hydrogens is 376 g/mol. The third kappa shape index (κ3) is 4.64. The van der Waals surface area contributed by atoms with Gasteiger partial charge in [0.25, 0.3) is 5.91 Å². The van der Waals surface area contributed by atoms with Crippen molar-refractivity contribution in [1.82, 2.24) is 5.43 Å². The van der Waals surface area contributed by atoms with Gasteiger partial charge in [-0.25, -0.2) is 5.43 Å². The molecule has 0 saturated carbocycles. The number of ether oxygens (including phenoxy) is 1. The van der Waals surface area contributed by atoms with Gasteiger partial charge >= 0.3 is 0 Å². The zero-order valence-electron chi connectivity index (χ0n) is 16.2. The molecule has 0 heterocycles. The summed E-state index contributed by atoms with van der Waals surface area (Å²) in [5.41, 5.74) is 4.85. The minimum Gasteiger partial charge on any atom is -0.508 e. The van der Waals surface area contributed by atoms with E-state index in [9.17, 15) is 9.90 Å². The van der Waals surface area contributed by atoms with Crippen molar-refractivity contribution in [2.24, 2.45) is 5.10 Å². The van der Waals surface area contributed by atoms with Crippen LogP contribution >= 0.6 is 0 Å². The third-order valence-corrected chi connectivity index (χ3v) is 4.66. The molecule has 5 nitrogen and oxygen atoms in total. The summed E-state index contributed by atoms with van der Waals surface area (Å²) >= 11 is 0. The van der Waals surface area contributed by atoms with Gasteiger partial charge in [0.05, 0.1) is 6.21 Å². The van der Waals surface area contributed by atoms with Gasteiger partial charge in [0, 0.05) is 5.56 Å². The second kappa shape index (κ2) is 8.92. The highest BCUT2D eigenvalue weighted by atomic mass is 16.5. The summed E-state index contributed by atoms with van der Waals surface area (Å²) in [6.07, 6.45) is 1.56. The van der Waals surface area contributed by atoms with Gasteiger partial charge in [0.2, 0.25) is 0 Å². The summed E-state index contributed by atoms with van der Waals surface area (Å²) in [6, 6.07) is 27.9. The summed E-state index contributed by atoms with van der Waals surface area (Å²) in [5, 5.41) is 15.6. The van der Waals surface area contributed by atoms with E-state index < -0.39 is 0 Å². The zero-order valence-corrected chi connectivity index (χ0v) is 16.2. The van der Waals surface area contributed by atoms with E-state index in [1.807, 2.05) is 42.5 Å². The Balaban J connectivity index is 1.34.